The quantitative estimate of drug-likeness (QED) is 0.707. The number of anilines is 1. The van der Waals surface area contributed by atoms with Crippen molar-refractivity contribution < 1.29 is 14.7 Å². The molecular formula is C17H22N4O3. The molecule has 0 aromatic heterocycles. The van der Waals surface area contributed by atoms with Crippen LogP contribution < -0.4 is 10.6 Å². The van der Waals surface area contributed by atoms with Crippen molar-refractivity contribution in [3.8, 4) is 6.07 Å². The van der Waals surface area contributed by atoms with Crippen molar-refractivity contribution in [3.05, 3.63) is 29.8 Å². The number of carboxylic acid groups (broad SMARTS) is 1. The van der Waals surface area contributed by atoms with E-state index in [1.807, 2.05) is 24.0 Å². The van der Waals surface area contributed by atoms with Gasteiger partial charge in [-0.1, -0.05) is 19.1 Å². The van der Waals surface area contributed by atoms with Crippen molar-refractivity contribution in [2.75, 3.05) is 18.4 Å². The average Bonchev–Trinajstić information content (AvgIpc) is 2.50. The van der Waals surface area contributed by atoms with Crippen molar-refractivity contribution in [2.24, 2.45) is 0 Å². The minimum absolute atomic E-state index is 0.0368. The molecule has 0 atom stereocenters. The van der Waals surface area contributed by atoms with Gasteiger partial charge in [0.15, 0.2) is 0 Å². The van der Waals surface area contributed by atoms with Gasteiger partial charge in [-0.2, -0.15) is 5.26 Å². The zero-order valence-corrected chi connectivity index (χ0v) is 13.7. The third kappa shape index (κ3) is 4.96. The summed E-state index contributed by atoms with van der Waals surface area (Å²) in [6, 6.07) is 9.23. The van der Waals surface area contributed by atoms with E-state index in [-0.39, 0.29) is 24.7 Å². The Hall–Kier alpha value is -2.59. The number of hydrogen-bond acceptors (Lipinski definition) is 4. The zero-order valence-electron chi connectivity index (χ0n) is 13.7. The molecule has 7 nitrogen and oxygen atoms in total. The van der Waals surface area contributed by atoms with Gasteiger partial charge < -0.3 is 15.7 Å². The van der Waals surface area contributed by atoms with Crippen molar-refractivity contribution in [2.45, 2.75) is 38.3 Å². The van der Waals surface area contributed by atoms with Crippen LogP contribution in [0.4, 0.5) is 10.5 Å². The molecule has 0 radical (unpaired) electrons. The van der Waals surface area contributed by atoms with Crippen LogP contribution >= 0.6 is 0 Å². The molecule has 0 bridgehead atoms. The summed E-state index contributed by atoms with van der Waals surface area (Å²) in [7, 11) is 0. The van der Waals surface area contributed by atoms with E-state index < -0.39 is 5.97 Å². The number of nitrogens with one attached hydrogen (secondary N) is 2. The molecule has 0 heterocycles. The number of benzene rings is 1. The van der Waals surface area contributed by atoms with Gasteiger partial charge in [0, 0.05) is 17.8 Å². The summed E-state index contributed by atoms with van der Waals surface area (Å²) < 4.78 is 0. The Kier molecular flexibility index (Phi) is 6.15. The molecule has 0 aliphatic heterocycles. The monoisotopic (exact) mass is 330 g/mol. The number of nitrogens with zero attached hydrogens (tertiary/aromatic N) is 2. The molecule has 2 rings (SSSR count). The number of carbonyl (C=O) groups excluding carboxylic acids is 1. The van der Waals surface area contributed by atoms with Gasteiger partial charge in [-0.15, -0.1) is 0 Å². The lowest BCUT2D eigenvalue weighted by Gasteiger charge is -2.42. The molecule has 1 aliphatic carbocycles. The Labute approximate surface area is 141 Å². The van der Waals surface area contributed by atoms with Crippen LogP contribution in [0, 0.1) is 11.3 Å². The highest BCUT2D eigenvalue weighted by Crippen LogP contribution is 2.25. The Morgan fingerprint density at radius 3 is 2.54 bits per heavy atom. The van der Waals surface area contributed by atoms with E-state index in [2.05, 4.69) is 16.7 Å². The van der Waals surface area contributed by atoms with Crippen molar-refractivity contribution in [1.82, 2.24) is 10.2 Å². The molecule has 1 saturated carbocycles. The Bertz CT molecular complexity index is 618. The summed E-state index contributed by atoms with van der Waals surface area (Å²) in [5, 5.41) is 23.2. The van der Waals surface area contributed by atoms with E-state index >= 15 is 0 Å². The average molecular weight is 330 g/mol. The molecule has 1 aliphatic rings. The molecule has 0 unspecified atom stereocenters. The van der Waals surface area contributed by atoms with Crippen LogP contribution in [0.2, 0.25) is 0 Å². The van der Waals surface area contributed by atoms with Crippen LogP contribution in [0.5, 0.6) is 0 Å². The van der Waals surface area contributed by atoms with E-state index in [9.17, 15) is 9.59 Å². The smallest absolute Gasteiger partial charge is 0.319 e. The summed E-state index contributed by atoms with van der Waals surface area (Å²) in [6.07, 6.45) is 1.87. The molecule has 1 aromatic carbocycles. The number of amides is 2. The molecule has 128 valence electrons. The van der Waals surface area contributed by atoms with E-state index in [1.54, 1.807) is 12.1 Å². The lowest BCUT2D eigenvalue weighted by atomic mass is 9.85. The third-order valence-electron chi connectivity index (χ3n) is 4.20. The second-order valence-corrected chi connectivity index (χ2v) is 5.91. The Balaban J connectivity index is 1.74. The van der Waals surface area contributed by atoms with Gasteiger partial charge in [0.25, 0.3) is 0 Å². The van der Waals surface area contributed by atoms with Gasteiger partial charge in [0.2, 0.25) is 0 Å². The van der Waals surface area contributed by atoms with Gasteiger partial charge in [-0.05, 0) is 37.1 Å². The van der Waals surface area contributed by atoms with Crippen LogP contribution in [0.15, 0.2) is 24.3 Å². The second kappa shape index (κ2) is 8.31. The van der Waals surface area contributed by atoms with Crippen LogP contribution in [-0.2, 0) is 11.2 Å². The van der Waals surface area contributed by atoms with Gasteiger partial charge >= 0.3 is 12.0 Å². The Morgan fingerprint density at radius 1 is 1.33 bits per heavy atom. The number of aliphatic carboxylic acids is 1. The highest BCUT2D eigenvalue weighted by Gasteiger charge is 2.34. The lowest BCUT2D eigenvalue weighted by Crippen LogP contribution is -2.55. The normalized spacial score (nSPS) is 19.2. The largest absolute Gasteiger partial charge is 0.480 e. The highest BCUT2D eigenvalue weighted by atomic mass is 16.4. The number of rotatable bonds is 7. The standard InChI is InChI=1S/C17H22N4O3/c1-2-21(11-16(22)23)15-9-14(10-15)20-17(24)19-13-5-3-12(4-6-13)7-8-18/h3-6,14-15H,2,7,9-11H2,1H3,(H,22,23)(H2,19,20,24). The van der Waals surface area contributed by atoms with E-state index in [4.69, 9.17) is 10.4 Å². The number of hydrogen-bond donors (Lipinski definition) is 3. The maximum absolute atomic E-state index is 12.0. The van der Waals surface area contributed by atoms with Crippen LogP contribution in [-0.4, -0.2) is 47.2 Å². The fourth-order valence-corrected chi connectivity index (χ4v) is 2.83. The molecule has 3 N–H and O–H groups in total. The molecule has 2 amide bonds. The third-order valence-corrected chi connectivity index (χ3v) is 4.20. The second-order valence-electron chi connectivity index (χ2n) is 5.91. The van der Waals surface area contributed by atoms with Gasteiger partial charge in [0.05, 0.1) is 19.0 Å². The van der Waals surface area contributed by atoms with Gasteiger partial charge in [0.1, 0.15) is 0 Å². The SMILES string of the molecule is CCN(CC(=O)O)C1CC(NC(=O)Nc2ccc(CC#N)cc2)C1. The van der Waals surface area contributed by atoms with Crippen LogP contribution in [0.3, 0.4) is 0 Å². The first-order valence-corrected chi connectivity index (χ1v) is 8.01. The lowest BCUT2D eigenvalue weighted by molar-refractivity contribution is -0.139. The molecule has 1 fully saturated rings. The first kappa shape index (κ1) is 17.8. The van der Waals surface area contributed by atoms with Crippen LogP contribution in [0.1, 0.15) is 25.3 Å². The van der Waals surface area contributed by atoms with E-state index in [1.165, 1.54) is 0 Å². The predicted octanol–water partition coefficient (Wildman–Crippen LogP) is 1.81. The summed E-state index contributed by atoms with van der Waals surface area (Å²) in [6.45, 7) is 2.66. The first-order valence-electron chi connectivity index (χ1n) is 8.01. The molecular weight excluding hydrogens is 308 g/mol. The molecule has 1 aromatic rings. The zero-order chi connectivity index (χ0) is 17.5. The maximum Gasteiger partial charge on any atom is 0.319 e. The number of likely N-dealkylation sites (N-methyl/N-ethyl adjacent to an activating group) is 1. The summed E-state index contributed by atoms with van der Waals surface area (Å²) in [4.78, 5) is 24.7. The topological polar surface area (TPSA) is 105 Å². The fraction of sp³-hybridized carbons (Fsp3) is 0.471. The van der Waals surface area contributed by atoms with E-state index in [0.717, 1.165) is 18.4 Å². The van der Waals surface area contributed by atoms with Gasteiger partial charge in [-0.3, -0.25) is 9.69 Å². The van der Waals surface area contributed by atoms with Crippen LogP contribution in [0.25, 0.3) is 0 Å². The predicted molar refractivity (Wildman–Crippen MR) is 89.6 cm³/mol. The first-order chi connectivity index (χ1) is 11.5. The van der Waals surface area contributed by atoms with Crippen molar-refractivity contribution in [3.63, 3.8) is 0 Å². The van der Waals surface area contributed by atoms with Gasteiger partial charge in [-0.25, -0.2) is 4.79 Å². The molecule has 0 spiro atoms. The number of carboxylic acids is 1. The number of urea groups is 1. The number of carbonyl (C=O) groups is 2. The maximum atomic E-state index is 12.0. The highest BCUT2D eigenvalue weighted by molar-refractivity contribution is 5.89. The minimum atomic E-state index is -0.828. The molecule has 24 heavy (non-hydrogen) atoms. The minimum Gasteiger partial charge on any atom is -0.480 e. The fourth-order valence-electron chi connectivity index (χ4n) is 2.83. The van der Waals surface area contributed by atoms with Crippen molar-refractivity contribution >= 4 is 17.7 Å². The number of nitriles is 1. The van der Waals surface area contributed by atoms with E-state index in [0.29, 0.717) is 18.7 Å². The van der Waals surface area contributed by atoms with Crippen molar-refractivity contribution in [1.29, 1.82) is 5.26 Å². The Morgan fingerprint density at radius 2 is 2.00 bits per heavy atom. The summed E-state index contributed by atoms with van der Waals surface area (Å²) in [5.41, 5.74) is 1.58. The summed E-state index contributed by atoms with van der Waals surface area (Å²) >= 11 is 0. The summed E-state index contributed by atoms with van der Waals surface area (Å²) in [5.74, 6) is -0.828. The molecule has 0 saturated heterocycles. The molecule has 7 heteroatoms.